The average Bonchev–Trinajstić information content (AvgIpc) is 1.62. The molecule has 0 aromatic carbocycles. The molecule has 0 aromatic heterocycles. The Bertz CT molecular complexity index is 28.3. The van der Waals surface area contributed by atoms with Gasteiger partial charge in [-0.15, -0.1) is 0 Å². The summed E-state index contributed by atoms with van der Waals surface area (Å²) >= 11 is 0.137. The molecular weight excluding hydrogens is 265 g/mol. The van der Waals surface area contributed by atoms with Crippen molar-refractivity contribution >= 4 is 0 Å². The number of hydrogen-bond donors (Lipinski definition) is 0. The first-order valence-electron chi connectivity index (χ1n) is 3.63. The van der Waals surface area contributed by atoms with Gasteiger partial charge in [-0.2, -0.15) is 0 Å². The first-order chi connectivity index (χ1) is 4.00. The van der Waals surface area contributed by atoms with Crippen molar-refractivity contribution in [3.63, 3.8) is 0 Å². The molecule has 0 unspecified atom stereocenters. The molecule has 0 nitrogen and oxygen atoms in total. The van der Waals surface area contributed by atoms with Crippen LogP contribution in [-0.2, 0) is 19.8 Å². The van der Waals surface area contributed by atoms with Gasteiger partial charge in [-0.05, 0) is 0 Å². The zero-order valence-electron chi connectivity index (χ0n) is 5.40. The summed E-state index contributed by atoms with van der Waals surface area (Å²) in [5.74, 6) is 0. The minimum absolute atomic E-state index is 0.137. The van der Waals surface area contributed by atoms with Gasteiger partial charge in [0, 0.05) is 0 Å². The molecule has 0 aliphatic carbocycles. The Labute approximate surface area is 61.4 Å². The first-order valence-corrected chi connectivity index (χ1v) is 8.18. The molecule has 47 valence electrons. The minimum atomic E-state index is 0.137. The topological polar surface area (TPSA) is 0 Å². The molecule has 1 rings (SSSR count). The second kappa shape index (κ2) is 4.60. The van der Waals surface area contributed by atoms with Crippen LogP contribution in [0.15, 0.2) is 0 Å². The second-order valence-corrected chi connectivity index (χ2v) is 7.26. The van der Waals surface area contributed by atoms with Crippen molar-refractivity contribution in [3.05, 3.63) is 0 Å². The fourth-order valence-corrected chi connectivity index (χ4v) is 5.11. The molecule has 1 fully saturated rings. The van der Waals surface area contributed by atoms with Crippen LogP contribution in [0.3, 0.4) is 0 Å². The fraction of sp³-hybridized carbons (Fsp3) is 1.00. The van der Waals surface area contributed by atoms with E-state index < -0.39 is 0 Å². The summed E-state index contributed by atoms with van der Waals surface area (Å²) in [6.07, 6.45) is 7.78. The van der Waals surface area contributed by atoms with Crippen LogP contribution in [0.1, 0.15) is 32.1 Å². The predicted octanol–water partition coefficient (Wildman–Crippen LogP) is 2.87. The van der Waals surface area contributed by atoms with Crippen LogP contribution in [0.4, 0.5) is 0 Å². The second-order valence-electron chi connectivity index (χ2n) is 2.44. The van der Waals surface area contributed by atoms with Gasteiger partial charge in [0.1, 0.15) is 0 Å². The quantitative estimate of drug-likeness (QED) is 0.639. The van der Waals surface area contributed by atoms with E-state index in [1.54, 1.807) is 35.0 Å². The fourth-order valence-electron chi connectivity index (χ4n) is 1.09. The van der Waals surface area contributed by atoms with Crippen molar-refractivity contribution < 1.29 is 19.8 Å². The summed E-state index contributed by atoms with van der Waals surface area (Å²) in [6.45, 7) is 0. The summed E-state index contributed by atoms with van der Waals surface area (Å²) in [5, 5.41) is 0. The molecule has 0 aromatic rings. The zero-order valence-corrected chi connectivity index (χ0v) is 8.61. The molecule has 0 spiro atoms. The third-order valence-electron chi connectivity index (χ3n) is 1.63. The van der Waals surface area contributed by atoms with E-state index in [1.807, 2.05) is 0 Å². The standard InChI is InChI=1S/C7H14.Ta/c1-3-5-7-6-4-2;/h1-7H2;. The van der Waals surface area contributed by atoms with E-state index in [4.69, 9.17) is 0 Å². The molecule has 8 heavy (non-hydrogen) atoms. The van der Waals surface area contributed by atoms with Gasteiger partial charge in [0.25, 0.3) is 0 Å². The Morgan fingerprint density at radius 3 is 1.75 bits per heavy atom. The summed E-state index contributed by atoms with van der Waals surface area (Å²) in [7, 11) is 0. The van der Waals surface area contributed by atoms with Gasteiger partial charge in [-0.25, -0.2) is 0 Å². The normalized spacial score (nSPS) is 23.0. The Morgan fingerprint density at radius 2 is 1.12 bits per heavy atom. The van der Waals surface area contributed by atoms with Gasteiger partial charge in [0.15, 0.2) is 0 Å². The Morgan fingerprint density at radius 1 is 0.625 bits per heavy atom. The van der Waals surface area contributed by atoms with Crippen molar-refractivity contribution in [3.8, 4) is 0 Å². The van der Waals surface area contributed by atoms with E-state index in [0.717, 1.165) is 0 Å². The third kappa shape index (κ3) is 2.91. The summed E-state index contributed by atoms with van der Waals surface area (Å²) in [4.78, 5) is 0. The van der Waals surface area contributed by atoms with E-state index in [1.165, 1.54) is 6.42 Å². The summed E-state index contributed by atoms with van der Waals surface area (Å²) < 4.78 is 3.36. The Kier molecular flexibility index (Phi) is 3.94. The molecule has 0 radical (unpaired) electrons. The SMILES string of the molecule is C1CC[CH2][Ta][CH2]CC1. The zero-order chi connectivity index (χ0) is 5.66. The van der Waals surface area contributed by atoms with Gasteiger partial charge in [-0.1, -0.05) is 0 Å². The molecule has 1 saturated heterocycles. The molecule has 1 aliphatic rings. The van der Waals surface area contributed by atoms with Crippen molar-refractivity contribution in [1.82, 2.24) is 0 Å². The van der Waals surface area contributed by atoms with Crippen LogP contribution in [0.25, 0.3) is 0 Å². The van der Waals surface area contributed by atoms with Crippen molar-refractivity contribution in [2.75, 3.05) is 0 Å². The molecule has 0 atom stereocenters. The maximum absolute atomic E-state index is 1.68. The summed E-state index contributed by atoms with van der Waals surface area (Å²) in [5.41, 5.74) is 0. The van der Waals surface area contributed by atoms with Gasteiger partial charge in [0.2, 0.25) is 0 Å². The van der Waals surface area contributed by atoms with Crippen molar-refractivity contribution in [2.45, 2.75) is 41.4 Å². The van der Waals surface area contributed by atoms with E-state index in [2.05, 4.69) is 0 Å². The molecule has 0 amide bonds. The molecule has 1 heteroatoms. The van der Waals surface area contributed by atoms with E-state index in [-0.39, 0.29) is 19.8 Å². The number of rotatable bonds is 0. The van der Waals surface area contributed by atoms with Crippen LogP contribution < -0.4 is 0 Å². The Hall–Kier alpha value is 0.740. The molecule has 1 heterocycles. The maximum atomic E-state index is 1.68. The van der Waals surface area contributed by atoms with Crippen LogP contribution in [0.5, 0.6) is 0 Å². The van der Waals surface area contributed by atoms with Crippen LogP contribution >= 0.6 is 0 Å². The van der Waals surface area contributed by atoms with E-state index in [0.29, 0.717) is 0 Å². The predicted molar refractivity (Wildman–Crippen MR) is 32.7 cm³/mol. The number of hydrogen-bond acceptors (Lipinski definition) is 0. The van der Waals surface area contributed by atoms with Crippen LogP contribution in [-0.4, -0.2) is 0 Å². The van der Waals surface area contributed by atoms with Crippen LogP contribution in [0.2, 0.25) is 9.28 Å². The van der Waals surface area contributed by atoms with Crippen LogP contribution in [0, 0.1) is 0 Å². The van der Waals surface area contributed by atoms with Crippen molar-refractivity contribution in [2.24, 2.45) is 0 Å². The van der Waals surface area contributed by atoms with E-state index >= 15 is 0 Å². The van der Waals surface area contributed by atoms with Gasteiger partial charge in [-0.3, -0.25) is 0 Å². The van der Waals surface area contributed by atoms with E-state index in [9.17, 15) is 0 Å². The molecular formula is C7H14Ta. The first kappa shape index (κ1) is 6.85. The monoisotopic (exact) mass is 279 g/mol. The molecule has 1 aliphatic heterocycles. The molecule has 0 bridgehead atoms. The molecule has 0 saturated carbocycles. The summed E-state index contributed by atoms with van der Waals surface area (Å²) in [6, 6.07) is 0. The van der Waals surface area contributed by atoms with Gasteiger partial charge >= 0.3 is 61.1 Å². The Balaban J connectivity index is 2.00. The average molecular weight is 279 g/mol. The molecule has 0 N–H and O–H groups in total. The van der Waals surface area contributed by atoms with Gasteiger partial charge in [0.05, 0.1) is 0 Å². The van der Waals surface area contributed by atoms with Gasteiger partial charge < -0.3 is 0 Å². The van der Waals surface area contributed by atoms with Crippen molar-refractivity contribution in [1.29, 1.82) is 0 Å². The third-order valence-corrected chi connectivity index (χ3v) is 6.18.